The molecule has 5 rings (SSSR count). The smallest absolute Gasteiger partial charge is 0.259 e. The molecule has 1 fully saturated rings. The van der Waals surface area contributed by atoms with E-state index in [4.69, 9.17) is 5.10 Å². The molecule has 6 heteroatoms. The SMILES string of the molecule is Cc1ccccc1-c1nn(-c2ccccc2)cc1C(=O)Nc1cccc(CN2CCCC2=O)c1. The van der Waals surface area contributed by atoms with E-state index in [0.717, 1.165) is 35.3 Å². The van der Waals surface area contributed by atoms with Crippen LogP contribution >= 0.6 is 0 Å². The van der Waals surface area contributed by atoms with Crippen LogP contribution in [0.1, 0.15) is 34.3 Å². The number of aromatic nitrogens is 2. The molecule has 34 heavy (non-hydrogen) atoms. The number of carbonyl (C=O) groups excluding carboxylic acids is 2. The van der Waals surface area contributed by atoms with E-state index in [1.54, 1.807) is 10.9 Å². The van der Waals surface area contributed by atoms with Gasteiger partial charge in [-0.25, -0.2) is 4.68 Å². The van der Waals surface area contributed by atoms with Crippen molar-refractivity contribution in [3.63, 3.8) is 0 Å². The summed E-state index contributed by atoms with van der Waals surface area (Å²) in [5.41, 5.74) is 5.67. The van der Waals surface area contributed by atoms with Crippen LogP contribution < -0.4 is 5.32 Å². The lowest BCUT2D eigenvalue weighted by Crippen LogP contribution is -2.23. The van der Waals surface area contributed by atoms with Gasteiger partial charge < -0.3 is 10.2 Å². The largest absolute Gasteiger partial charge is 0.338 e. The van der Waals surface area contributed by atoms with Crippen LogP contribution in [0.25, 0.3) is 16.9 Å². The molecule has 0 atom stereocenters. The Morgan fingerprint density at radius 2 is 1.79 bits per heavy atom. The number of para-hydroxylation sites is 1. The summed E-state index contributed by atoms with van der Waals surface area (Å²) in [5.74, 6) is -0.0412. The Labute approximate surface area is 198 Å². The minimum atomic E-state index is -0.227. The number of rotatable bonds is 6. The van der Waals surface area contributed by atoms with Crippen molar-refractivity contribution in [1.82, 2.24) is 14.7 Å². The highest BCUT2D eigenvalue weighted by atomic mass is 16.2. The van der Waals surface area contributed by atoms with Crippen LogP contribution in [0, 0.1) is 6.92 Å². The predicted molar refractivity (Wildman–Crippen MR) is 133 cm³/mol. The van der Waals surface area contributed by atoms with Gasteiger partial charge in [-0.05, 0) is 48.7 Å². The lowest BCUT2D eigenvalue weighted by atomic mass is 10.0. The molecular weight excluding hydrogens is 424 g/mol. The number of aryl methyl sites for hydroxylation is 1. The monoisotopic (exact) mass is 450 g/mol. The van der Waals surface area contributed by atoms with Gasteiger partial charge in [-0.15, -0.1) is 0 Å². The number of likely N-dealkylation sites (tertiary alicyclic amines) is 1. The van der Waals surface area contributed by atoms with E-state index in [0.29, 0.717) is 29.9 Å². The fourth-order valence-electron chi connectivity index (χ4n) is 4.33. The Balaban J connectivity index is 1.45. The maximum atomic E-state index is 13.4. The number of hydrogen-bond donors (Lipinski definition) is 1. The van der Waals surface area contributed by atoms with Crippen LogP contribution in [0.4, 0.5) is 5.69 Å². The van der Waals surface area contributed by atoms with E-state index in [9.17, 15) is 9.59 Å². The summed E-state index contributed by atoms with van der Waals surface area (Å²) in [4.78, 5) is 27.3. The van der Waals surface area contributed by atoms with Crippen molar-refractivity contribution in [1.29, 1.82) is 0 Å². The fourth-order valence-corrected chi connectivity index (χ4v) is 4.33. The molecule has 6 nitrogen and oxygen atoms in total. The van der Waals surface area contributed by atoms with Gasteiger partial charge in [0.1, 0.15) is 5.69 Å². The second-order valence-corrected chi connectivity index (χ2v) is 8.56. The molecule has 1 aliphatic rings. The molecule has 2 heterocycles. The molecule has 0 bridgehead atoms. The summed E-state index contributed by atoms with van der Waals surface area (Å²) in [6, 6.07) is 25.4. The summed E-state index contributed by atoms with van der Waals surface area (Å²) in [5, 5.41) is 7.81. The summed E-state index contributed by atoms with van der Waals surface area (Å²) in [6.07, 6.45) is 3.30. The average Bonchev–Trinajstić information content (AvgIpc) is 3.47. The van der Waals surface area contributed by atoms with Crippen LogP contribution in [-0.4, -0.2) is 33.0 Å². The van der Waals surface area contributed by atoms with Gasteiger partial charge in [0, 0.05) is 37.0 Å². The number of hydrogen-bond acceptors (Lipinski definition) is 3. The number of nitrogens with zero attached hydrogens (tertiary/aromatic N) is 3. The Morgan fingerprint density at radius 3 is 2.56 bits per heavy atom. The van der Waals surface area contributed by atoms with Crippen LogP contribution in [-0.2, 0) is 11.3 Å². The lowest BCUT2D eigenvalue weighted by Gasteiger charge is -2.16. The number of benzene rings is 3. The highest BCUT2D eigenvalue weighted by Gasteiger charge is 2.22. The van der Waals surface area contributed by atoms with Crippen molar-refractivity contribution in [3.05, 3.63) is 102 Å². The molecule has 0 spiro atoms. The van der Waals surface area contributed by atoms with E-state index in [1.807, 2.05) is 90.7 Å². The van der Waals surface area contributed by atoms with Crippen molar-refractivity contribution in [2.45, 2.75) is 26.3 Å². The second kappa shape index (κ2) is 9.35. The minimum Gasteiger partial charge on any atom is -0.338 e. The van der Waals surface area contributed by atoms with Crippen molar-refractivity contribution in [3.8, 4) is 16.9 Å². The van der Waals surface area contributed by atoms with E-state index < -0.39 is 0 Å². The average molecular weight is 451 g/mol. The Hall–Kier alpha value is -4.19. The molecule has 1 saturated heterocycles. The lowest BCUT2D eigenvalue weighted by molar-refractivity contribution is -0.128. The molecule has 0 radical (unpaired) electrons. The molecule has 170 valence electrons. The molecule has 0 aliphatic carbocycles. The predicted octanol–water partition coefficient (Wildman–Crippen LogP) is 5.22. The van der Waals surface area contributed by atoms with Crippen molar-refractivity contribution in [2.75, 3.05) is 11.9 Å². The third-order valence-corrected chi connectivity index (χ3v) is 6.11. The molecule has 0 saturated carbocycles. The summed E-state index contributed by atoms with van der Waals surface area (Å²) in [7, 11) is 0. The quantitative estimate of drug-likeness (QED) is 0.438. The van der Waals surface area contributed by atoms with Crippen LogP contribution in [0.5, 0.6) is 0 Å². The van der Waals surface area contributed by atoms with Gasteiger partial charge in [-0.2, -0.15) is 5.10 Å². The molecule has 2 amide bonds. The van der Waals surface area contributed by atoms with Gasteiger partial charge >= 0.3 is 0 Å². The van der Waals surface area contributed by atoms with Crippen LogP contribution in [0.3, 0.4) is 0 Å². The number of carbonyl (C=O) groups is 2. The Bertz CT molecular complexity index is 1340. The van der Waals surface area contributed by atoms with E-state index in [1.165, 1.54) is 0 Å². The van der Waals surface area contributed by atoms with Crippen LogP contribution in [0.15, 0.2) is 85.1 Å². The number of amides is 2. The Kier molecular flexibility index (Phi) is 5.95. The van der Waals surface area contributed by atoms with Gasteiger partial charge in [0.2, 0.25) is 5.91 Å². The topological polar surface area (TPSA) is 67.2 Å². The molecule has 4 aromatic rings. The zero-order valence-electron chi connectivity index (χ0n) is 19.1. The summed E-state index contributed by atoms with van der Waals surface area (Å²) in [6.45, 7) is 3.36. The van der Waals surface area contributed by atoms with E-state index >= 15 is 0 Å². The zero-order chi connectivity index (χ0) is 23.5. The Morgan fingerprint density at radius 1 is 1.00 bits per heavy atom. The van der Waals surface area contributed by atoms with Gasteiger partial charge in [-0.1, -0.05) is 54.6 Å². The first-order chi connectivity index (χ1) is 16.6. The standard InChI is InChI=1S/C28H26N4O2/c1-20-9-5-6-14-24(20)27-25(19-32(30-27)23-12-3-2-4-13-23)28(34)29-22-11-7-10-21(17-22)18-31-16-8-15-26(31)33/h2-7,9-14,17,19H,8,15-16,18H2,1H3,(H,29,34). The minimum absolute atomic E-state index is 0.186. The molecule has 0 unspecified atom stereocenters. The highest BCUT2D eigenvalue weighted by molar-refractivity contribution is 6.08. The van der Waals surface area contributed by atoms with Gasteiger partial charge in [-0.3, -0.25) is 9.59 Å². The first-order valence-corrected chi connectivity index (χ1v) is 11.5. The summed E-state index contributed by atoms with van der Waals surface area (Å²) >= 11 is 0. The first kappa shape index (κ1) is 21.6. The molecular formula is C28H26N4O2. The third-order valence-electron chi connectivity index (χ3n) is 6.11. The van der Waals surface area contributed by atoms with Crippen LogP contribution in [0.2, 0.25) is 0 Å². The van der Waals surface area contributed by atoms with Crippen molar-refractivity contribution in [2.24, 2.45) is 0 Å². The third kappa shape index (κ3) is 4.48. The molecule has 1 N–H and O–H groups in total. The normalized spacial score (nSPS) is 13.3. The van der Waals surface area contributed by atoms with E-state index in [-0.39, 0.29) is 11.8 Å². The van der Waals surface area contributed by atoms with Crippen molar-refractivity contribution < 1.29 is 9.59 Å². The van der Waals surface area contributed by atoms with Gasteiger partial charge in [0.15, 0.2) is 0 Å². The van der Waals surface area contributed by atoms with Gasteiger partial charge in [0.25, 0.3) is 5.91 Å². The second-order valence-electron chi connectivity index (χ2n) is 8.56. The molecule has 3 aromatic carbocycles. The molecule has 1 aliphatic heterocycles. The molecule has 1 aromatic heterocycles. The number of anilines is 1. The number of nitrogens with one attached hydrogen (secondary N) is 1. The fraction of sp³-hybridized carbons (Fsp3) is 0.179. The summed E-state index contributed by atoms with van der Waals surface area (Å²) < 4.78 is 1.74. The maximum Gasteiger partial charge on any atom is 0.259 e. The zero-order valence-corrected chi connectivity index (χ0v) is 19.1. The van der Waals surface area contributed by atoms with Gasteiger partial charge in [0.05, 0.1) is 11.3 Å². The van der Waals surface area contributed by atoms with Crippen molar-refractivity contribution >= 4 is 17.5 Å². The first-order valence-electron chi connectivity index (χ1n) is 11.5. The maximum absolute atomic E-state index is 13.4. The van der Waals surface area contributed by atoms with E-state index in [2.05, 4.69) is 5.32 Å². The highest BCUT2D eigenvalue weighted by Crippen LogP contribution is 2.27.